The number of carbonyl (C=O) groups excluding carboxylic acids is 1. The summed E-state index contributed by atoms with van der Waals surface area (Å²) in [7, 11) is 0. The number of carbonyl (C=O) groups is 1. The van der Waals surface area contributed by atoms with Crippen molar-refractivity contribution in [2.45, 2.75) is 24.7 Å². The van der Waals surface area contributed by atoms with Crippen LogP contribution in [0.15, 0.2) is 46.9 Å². The lowest BCUT2D eigenvalue weighted by atomic mass is 9.95. The number of benzene rings is 2. The van der Waals surface area contributed by atoms with Gasteiger partial charge in [-0.05, 0) is 60.7 Å². The van der Waals surface area contributed by atoms with E-state index in [1.165, 1.54) is 12.1 Å². The third kappa shape index (κ3) is 3.49. The number of nitrogens with one attached hydrogen (secondary N) is 1. The smallest absolute Gasteiger partial charge is 0.230 e. The molecule has 2 aromatic carbocycles. The second kappa shape index (κ2) is 6.74. The molecule has 1 N–H and O–H groups in total. The first-order valence-electron chi connectivity index (χ1n) is 7.77. The summed E-state index contributed by atoms with van der Waals surface area (Å²) < 4.78 is 14.2. The van der Waals surface area contributed by atoms with E-state index in [0.717, 1.165) is 24.0 Å². The van der Waals surface area contributed by atoms with Crippen molar-refractivity contribution in [1.29, 1.82) is 5.26 Å². The Hall–Kier alpha value is -2.19. The first kappa shape index (κ1) is 16.7. The molecule has 0 aliphatic heterocycles. The Balaban J connectivity index is 1.61. The molecule has 0 bridgehead atoms. The fraction of sp³-hybridized carbons (Fsp3) is 0.263. The largest absolute Gasteiger partial charge is 0.355 e. The molecule has 0 unspecified atom stereocenters. The number of halogens is 2. The van der Waals surface area contributed by atoms with Gasteiger partial charge in [-0.25, -0.2) is 4.39 Å². The van der Waals surface area contributed by atoms with Crippen LogP contribution in [0, 0.1) is 17.1 Å². The van der Waals surface area contributed by atoms with Gasteiger partial charge in [-0.2, -0.15) is 5.26 Å². The van der Waals surface area contributed by atoms with Crippen LogP contribution in [0.2, 0.25) is 0 Å². The van der Waals surface area contributed by atoms with Gasteiger partial charge in [-0.15, -0.1) is 0 Å². The summed E-state index contributed by atoms with van der Waals surface area (Å²) in [6, 6.07) is 14.0. The van der Waals surface area contributed by atoms with Crippen LogP contribution in [-0.4, -0.2) is 12.5 Å². The molecule has 24 heavy (non-hydrogen) atoms. The lowest BCUT2D eigenvalue weighted by molar-refractivity contribution is -0.123. The van der Waals surface area contributed by atoms with Crippen LogP contribution < -0.4 is 5.32 Å². The molecule has 1 fully saturated rings. The Morgan fingerprint density at radius 1 is 1.25 bits per heavy atom. The van der Waals surface area contributed by atoms with Crippen molar-refractivity contribution in [3.05, 3.63) is 69.4 Å². The first-order chi connectivity index (χ1) is 11.5. The van der Waals surface area contributed by atoms with E-state index in [1.54, 1.807) is 12.1 Å². The number of nitrogens with zero attached hydrogens (tertiary/aromatic N) is 1. The van der Waals surface area contributed by atoms with E-state index in [9.17, 15) is 9.18 Å². The SMILES string of the molecule is N#Cc1ccc(CCNC(=O)C2(c3cc(F)cc(Br)c3)CC2)cc1. The van der Waals surface area contributed by atoms with Gasteiger partial charge < -0.3 is 5.32 Å². The topological polar surface area (TPSA) is 52.9 Å². The summed E-state index contributed by atoms with van der Waals surface area (Å²) in [6.45, 7) is 0.517. The average molecular weight is 387 g/mol. The lowest BCUT2D eigenvalue weighted by Gasteiger charge is -2.16. The van der Waals surface area contributed by atoms with Gasteiger partial charge in [-0.1, -0.05) is 28.1 Å². The zero-order valence-electron chi connectivity index (χ0n) is 13.0. The molecule has 1 aliphatic rings. The molecule has 122 valence electrons. The third-order valence-electron chi connectivity index (χ3n) is 4.38. The Morgan fingerprint density at radius 2 is 1.96 bits per heavy atom. The highest BCUT2D eigenvalue weighted by molar-refractivity contribution is 9.10. The number of hydrogen-bond acceptors (Lipinski definition) is 2. The third-order valence-corrected chi connectivity index (χ3v) is 4.84. The van der Waals surface area contributed by atoms with Gasteiger partial charge in [-0.3, -0.25) is 4.79 Å². The van der Waals surface area contributed by atoms with Gasteiger partial charge in [0, 0.05) is 11.0 Å². The highest BCUT2D eigenvalue weighted by atomic mass is 79.9. The standard InChI is InChI=1S/C19H16BrFN2O/c20-16-9-15(10-17(21)11-16)19(6-7-19)18(24)23-8-5-13-1-3-14(12-22)4-2-13/h1-4,9-11H,5-8H2,(H,23,24). The van der Waals surface area contributed by atoms with E-state index in [0.29, 0.717) is 23.0 Å². The fourth-order valence-electron chi connectivity index (χ4n) is 2.84. The lowest BCUT2D eigenvalue weighted by Crippen LogP contribution is -2.36. The zero-order valence-corrected chi connectivity index (χ0v) is 14.6. The van der Waals surface area contributed by atoms with Gasteiger partial charge in [0.1, 0.15) is 5.82 Å². The van der Waals surface area contributed by atoms with Crippen molar-refractivity contribution in [2.24, 2.45) is 0 Å². The van der Waals surface area contributed by atoms with E-state index in [1.807, 2.05) is 18.2 Å². The summed E-state index contributed by atoms with van der Waals surface area (Å²) in [4.78, 5) is 12.5. The Morgan fingerprint density at radius 3 is 2.54 bits per heavy atom. The van der Waals surface area contributed by atoms with Crippen molar-refractivity contribution in [1.82, 2.24) is 5.32 Å². The van der Waals surface area contributed by atoms with Crippen molar-refractivity contribution < 1.29 is 9.18 Å². The van der Waals surface area contributed by atoms with E-state index in [2.05, 4.69) is 27.3 Å². The molecule has 0 radical (unpaired) electrons. The maximum atomic E-state index is 13.6. The Kier molecular flexibility index (Phi) is 4.68. The molecule has 2 aromatic rings. The number of amides is 1. The predicted molar refractivity (Wildman–Crippen MR) is 92.9 cm³/mol. The van der Waals surface area contributed by atoms with Crippen LogP contribution in [0.3, 0.4) is 0 Å². The molecule has 0 atom stereocenters. The average Bonchev–Trinajstić information content (AvgIpc) is 3.36. The van der Waals surface area contributed by atoms with Crippen LogP contribution in [0.4, 0.5) is 4.39 Å². The van der Waals surface area contributed by atoms with E-state index >= 15 is 0 Å². The molecule has 3 rings (SSSR count). The first-order valence-corrected chi connectivity index (χ1v) is 8.57. The molecule has 0 heterocycles. The molecule has 5 heteroatoms. The molecule has 1 amide bonds. The minimum atomic E-state index is -0.588. The molecular weight excluding hydrogens is 371 g/mol. The monoisotopic (exact) mass is 386 g/mol. The highest BCUT2D eigenvalue weighted by Crippen LogP contribution is 2.49. The highest BCUT2D eigenvalue weighted by Gasteiger charge is 2.51. The summed E-state index contributed by atoms with van der Waals surface area (Å²) in [5, 5.41) is 11.7. The van der Waals surface area contributed by atoms with Gasteiger partial charge in [0.2, 0.25) is 5.91 Å². The Bertz CT molecular complexity index is 787. The van der Waals surface area contributed by atoms with Crippen LogP contribution in [-0.2, 0) is 16.6 Å². The van der Waals surface area contributed by atoms with Crippen LogP contribution in [0.5, 0.6) is 0 Å². The molecule has 0 saturated heterocycles. The van der Waals surface area contributed by atoms with Gasteiger partial charge in [0.25, 0.3) is 0 Å². The second-order valence-electron chi connectivity index (χ2n) is 6.05. The molecule has 1 aliphatic carbocycles. The van der Waals surface area contributed by atoms with Gasteiger partial charge in [0.05, 0.1) is 17.0 Å². The molecule has 0 aromatic heterocycles. The summed E-state index contributed by atoms with van der Waals surface area (Å²) in [5.74, 6) is -0.385. The quantitative estimate of drug-likeness (QED) is 0.848. The Labute approximate surface area is 148 Å². The minimum Gasteiger partial charge on any atom is -0.355 e. The van der Waals surface area contributed by atoms with Crippen LogP contribution in [0.1, 0.15) is 29.5 Å². The summed E-state index contributed by atoms with van der Waals surface area (Å²) >= 11 is 3.28. The van der Waals surface area contributed by atoms with Crippen molar-refractivity contribution in [3.63, 3.8) is 0 Å². The fourth-order valence-corrected chi connectivity index (χ4v) is 3.30. The van der Waals surface area contributed by atoms with E-state index < -0.39 is 5.41 Å². The number of nitriles is 1. The van der Waals surface area contributed by atoms with Gasteiger partial charge >= 0.3 is 0 Å². The molecule has 3 nitrogen and oxygen atoms in total. The molecule has 1 saturated carbocycles. The van der Waals surface area contributed by atoms with Gasteiger partial charge in [0.15, 0.2) is 0 Å². The summed E-state index contributed by atoms with van der Waals surface area (Å²) in [6.07, 6.45) is 2.18. The zero-order chi connectivity index (χ0) is 17.2. The van der Waals surface area contributed by atoms with E-state index in [4.69, 9.17) is 5.26 Å². The van der Waals surface area contributed by atoms with Crippen LogP contribution >= 0.6 is 15.9 Å². The number of hydrogen-bond donors (Lipinski definition) is 1. The van der Waals surface area contributed by atoms with E-state index in [-0.39, 0.29) is 11.7 Å². The van der Waals surface area contributed by atoms with Crippen molar-refractivity contribution >= 4 is 21.8 Å². The molecular formula is C19H16BrFN2O. The second-order valence-corrected chi connectivity index (χ2v) is 6.97. The van der Waals surface area contributed by atoms with Crippen molar-refractivity contribution in [2.75, 3.05) is 6.54 Å². The van der Waals surface area contributed by atoms with Crippen LogP contribution in [0.25, 0.3) is 0 Å². The summed E-state index contributed by atoms with van der Waals surface area (Å²) in [5.41, 5.74) is 1.82. The number of rotatable bonds is 5. The molecule has 0 spiro atoms. The van der Waals surface area contributed by atoms with Crippen molar-refractivity contribution in [3.8, 4) is 6.07 Å². The minimum absolute atomic E-state index is 0.0476. The normalized spacial score (nSPS) is 14.7. The predicted octanol–water partition coefficient (Wildman–Crippen LogP) is 3.85. The maximum absolute atomic E-state index is 13.6. The maximum Gasteiger partial charge on any atom is 0.230 e.